The van der Waals surface area contributed by atoms with E-state index in [-0.39, 0.29) is 17.6 Å². The lowest BCUT2D eigenvalue weighted by atomic mass is 9.77. The van der Waals surface area contributed by atoms with Crippen LogP contribution in [0.4, 0.5) is 8.78 Å². The Kier molecular flexibility index (Phi) is 6.95. The number of ether oxygens (including phenoxy) is 1. The van der Waals surface area contributed by atoms with Crippen molar-refractivity contribution in [1.82, 2.24) is 5.01 Å². The van der Waals surface area contributed by atoms with Gasteiger partial charge in [0.15, 0.2) is 6.61 Å². The summed E-state index contributed by atoms with van der Waals surface area (Å²) in [5.41, 5.74) is 4.63. The number of amides is 1. The smallest absolute Gasteiger partial charge is 0.338 e. The number of hydrogen-bond donors (Lipinski definition) is 0. The van der Waals surface area contributed by atoms with Crippen molar-refractivity contribution in [3.8, 4) is 0 Å². The molecule has 1 aliphatic heterocycles. The number of carbonyl (C=O) groups excluding carboxylic acids is 2. The molecule has 37 heavy (non-hydrogen) atoms. The summed E-state index contributed by atoms with van der Waals surface area (Å²) in [6.07, 6.45) is 4.43. The molecular weight excluding hydrogens is 474 g/mol. The van der Waals surface area contributed by atoms with Gasteiger partial charge < -0.3 is 4.74 Å². The van der Waals surface area contributed by atoms with Gasteiger partial charge in [0.05, 0.1) is 17.3 Å². The summed E-state index contributed by atoms with van der Waals surface area (Å²) in [5.74, 6) is -1.82. The first-order valence-corrected chi connectivity index (χ1v) is 12.3. The quantitative estimate of drug-likeness (QED) is 0.389. The molecule has 7 heteroatoms. The van der Waals surface area contributed by atoms with Gasteiger partial charge in [-0.3, -0.25) is 4.79 Å². The Labute approximate surface area is 214 Å². The number of benzene rings is 3. The van der Waals surface area contributed by atoms with Crippen molar-refractivity contribution in [2.45, 2.75) is 32.2 Å². The van der Waals surface area contributed by atoms with Gasteiger partial charge in [-0.15, -0.1) is 0 Å². The molecular formula is C30H26F2N2O3. The Balaban J connectivity index is 1.43. The summed E-state index contributed by atoms with van der Waals surface area (Å²) in [6.45, 7) is 1.40. The number of fused-ring (bicyclic) bond motifs is 1. The Morgan fingerprint density at radius 1 is 1.03 bits per heavy atom. The van der Waals surface area contributed by atoms with E-state index in [4.69, 9.17) is 9.84 Å². The minimum Gasteiger partial charge on any atom is -0.452 e. The van der Waals surface area contributed by atoms with Crippen molar-refractivity contribution >= 4 is 23.7 Å². The first kappa shape index (κ1) is 24.6. The summed E-state index contributed by atoms with van der Waals surface area (Å²) in [4.78, 5) is 25.9. The third-order valence-electron chi connectivity index (χ3n) is 6.76. The lowest BCUT2D eigenvalue weighted by Crippen LogP contribution is -2.34. The van der Waals surface area contributed by atoms with Gasteiger partial charge in [-0.05, 0) is 85.4 Å². The summed E-state index contributed by atoms with van der Waals surface area (Å²) in [6, 6.07) is 18.8. The molecule has 1 saturated carbocycles. The molecule has 188 valence electrons. The van der Waals surface area contributed by atoms with Crippen LogP contribution in [0.3, 0.4) is 0 Å². The number of carbonyl (C=O) groups is 2. The zero-order valence-corrected chi connectivity index (χ0v) is 20.4. The van der Waals surface area contributed by atoms with Gasteiger partial charge in [0.1, 0.15) is 11.6 Å². The van der Waals surface area contributed by atoms with Gasteiger partial charge in [-0.1, -0.05) is 42.0 Å². The topological polar surface area (TPSA) is 59.0 Å². The standard InChI is InChI=1S/C30H26F2N2O3/c1-19-4-2-6-23(16-19)30(36)37-18-27(35)34-29(21-10-14-25(32)15-11-21)26-7-3-5-22(28(26)33-34)17-20-8-12-24(31)13-9-20/h2,4,6,8-17,26,29H,3,5,7,18H2,1H3. The van der Waals surface area contributed by atoms with Gasteiger partial charge in [-0.2, -0.15) is 5.10 Å². The number of hydrogen-bond acceptors (Lipinski definition) is 4. The van der Waals surface area contributed by atoms with Gasteiger partial charge in [0.2, 0.25) is 0 Å². The maximum Gasteiger partial charge on any atom is 0.338 e. The van der Waals surface area contributed by atoms with Crippen LogP contribution in [0.5, 0.6) is 0 Å². The fraction of sp³-hybridized carbons (Fsp3) is 0.233. The van der Waals surface area contributed by atoms with Crippen molar-refractivity contribution in [2.24, 2.45) is 11.0 Å². The van der Waals surface area contributed by atoms with Gasteiger partial charge in [0, 0.05) is 5.92 Å². The molecule has 5 rings (SSSR count). The van der Waals surface area contributed by atoms with Crippen molar-refractivity contribution in [1.29, 1.82) is 0 Å². The fourth-order valence-corrected chi connectivity index (χ4v) is 5.01. The molecule has 3 aromatic rings. The summed E-state index contributed by atoms with van der Waals surface area (Å²) >= 11 is 0. The van der Waals surface area contributed by atoms with E-state index < -0.39 is 24.5 Å². The molecule has 1 amide bonds. The molecule has 0 radical (unpaired) electrons. The van der Waals surface area contributed by atoms with Crippen LogP contribution >= 0.6 is 0 Å². The van der Waals surface area contributed by atoms with E-state index in [9.17, 15) is 18.4 Å². The number of rotatable bonds is 5. The normalized spacial score (nSPS) is 19.9. The molecule has 0 bridgehead atoms. The molecule has 1 heterocycles. The first-order chi connectivity index (χ1) is 17.9. The van der Waals surface area contributed by atoms with E-state index in [1.54, 1.807) is 42.5 Å². The minimum atomic E-state index is -0.587. The molecule has 1 fully saturated rings. The average Bonchev–Trinajstić information content (AvgIpc) is 3.29. The Morgan fingerprint density at radius 2 is 1.73 bits per heavy atom. The highest BCUT2D eigenvalue weighted by molar-refractivity contribution is 6.08. The molecule has 0 N–H and O–H groups in total. The molecule has 2 atom stereocenters. The molecule has 3 aromatic carbocycles. The maximum atomic E-state index is 13.7. The lowest BCUT2D eigenvalue weighted by molar-refractivity contribution is -0.137. The van der Waals surface area contributed by atoms with Gasteiger partial charge in [-0.25, -0.2) is 18.6 Å². The van der Waals surface area contributed by atoms with Crippen LogP contribution in [0.1, 0.15) is 52.4 Å². The summed E-state index contributed by atoms with van der Waals surface area (Å²) < 4.78 is 32.4. The van der Waals surface area contributed by atoms with Crippen LogP contribution < -0.4 is 0 Å². The molecule has 1 aliphatic carbocycles. The van der Waals surface area contributed by atoms with Crippen molar-refractivity contribution in [3.63, 3.8) is 0 Å². The number of halogens is 2. The fourth-order valence-electron chi connectivity index (χ4n) is 5.01. The molecule has 0 spiro atoms. The highest BCUT2D eigenvalue weighted by Crippen LogP contribution is 2.44. The number of allylic oxidation sites excluding steroid dienone is 1. The van der Waals surface area contributed by atoms with Gasteiger partial charge >= 0.3 is 5.97 Å². The average molecular weight is 501 g/mol. The van der Waals surface area contributed by atoms with Crippen LogP contribution in [0.25, 0.3) is 6.08 Å². The third kappa shape index (κ3) is 5.35. The highest BCUT2D eigenvalue weighted by atomic mass is 19.1. The Bertz CT molecular complexity index is 1380. The van der Waals surface area contributed by atoms with E-state index >= 15 is 0 Å². The first-order valence-electron chi connectivity index (χ1n) is 12.3. The lowest BCUT2D eigenvalue weighted by Gasteiger charge is -2.29. The summed E-state index contributed by atoms with van der Waals surface area (Å²) in [7, 11) is 0. The summed E-state index contributed by atoms with van der Waals surface area (Å²) in [5, 5.41) is 6.10. The van der Waals surface area contributed by atoms with E-state index in [1.165, 1.54) is 29.3 Å². The van der Waals surface area contributed by atoms with E-state index in [2.05, 4.69) is 0 Å². The molecule has 0 aromatic heterocycles. The monoisotopic (exact) mass is 500 g/mol. The van der Waals surface area contributed by atoms with E-state index in [0.29, 0.717) is 5.56 Å². The van der Waals surface area contributed by atoms with Crippen molar-refractivity contribution in [2.75, 3.05) is 6.61 Å². The number of hydrazone groups is 1. The van der Waals surface area contributed by atoms with Crippen LogP contribution in [-0.2, 0) is 9.53 Å². The molecule has 2 aliphatic rings. The largest absolute Gasteiger partial charge is 0.452 e. The Morgan fingerprint density at radius 3 is 2.43 bits per heavy atom. The zero-order chi connectivity index (χ0) is 25.9. The predicted octanol–water partition coefficient (Wildman–Crippen LogP) is 6.25. The SMILES string of the molecule is Cc1cccc(C(=O)OCC(=O)N2N=C3C(=Cc4ccc(F)cc4)CCCC3C2c2ccc(F)cc2)c1. The maximum absolute atomic E-state index is 13.7. The zero-order valence-electron chi connectivity index (χ0n) is 20.4. The predicted molar refractivity (Wildman–Crippen MR) is 137 cm³/mol. The van der Waals surface area contributed by atoms with Crippen LogP contribution in [-0.4, -0.2) is 29.2 Å². The van der Waals surface area contributed by atoms with E-state index in [1.807, 2.05) is 19.1 Å². The minimum absolute atomic E-state index is 0.0951. The third-order valence-corrected chi connectivity index (χ3v) is 6.76. The number of esters is 1. The van der Waals surface area contributed by atoms with Gasteiger partial charge in [0.25, 0.3) is 5.91 Å². The van der Waals surface area contributed by atoms with Crippen LogP contribution in [0.2, 0.25) is 0 Å². The van der Waals surface area contributed by atoms with Crippen molar-refractivity contribution < 1.29 is 23.1 Å². The van der Waals surface area contributed by atoms with Crippen LogP contribution in [0, 0.1) is 24.5 Å². The molecule has 2 unspecified atom stereocenters. The molecule has 0 saturated heterocycles. The second-order valence-corrected chi connectivity index (χ2v) is 9.39. The van der Waals surface area contributed by atoms with Crippen LogP contribution in [0.15, 0.2) is 83.5 Å². The van der Waals surface area contributed by atoms with E-state index in [0.717, 1.165) is 47.2 Å². The van der Waals surface area contributed by atoms with Crippen molar-refractivity contribution in [3.05, 3.63) is 112 Å². The second-order valence-electron chi connectivity index (χ2n) is 9.39. The Hall–Kier alpha value is -4.13. The highest BCUT2D eigenvalue weighted by Gasteiger charge is 2.43. The number of aryl methyl sites for hydroxylation is 1. The number of nitrogens with zero attached hydrogens (tertiary/aromatic N) is 2. The molecule has 5 nitrogen and oxygen atoms in total. The second kappa shape index (κ2) is 10.5.